The molecule has 0 aromatic heterocycles. The zero-order valence-electron chi connectivity index (χ0n) is 2.12. The van der Waals surface area contributed by atoms with Crippen LogP contribution in [0.25, 0.3) is 0 Å². The van der Waals surface area contributed by atoms with Crippen molar-refractivity contribution in [1.82, 2.24) is 0 Å². The molecule has 0 amide bonds. The summed E-state index contributed by atoms with van der Waals surface area (Å²) in [6, 6.07) is 0. The van der Waals surface area contributed by atoms with E-state index in [0.29, 0.717) is 0 Å². The predicted octanol–water partition coefficient (Wildman–Crippen LogP) is 1.84. The lowest BCUT2D eigenvalue weighted by atomic mass is 27.7. The fourth-order valence-corrected chi connectivity index (χ4v) is 0. The van der Waals surface area contributed by atoms with E-state index in [1.807, 2.05) is 0 Å². The minimum Gasteiger partial charge on any atom is -0.147 e. The van der Waals surface area contributed by atoms with Gasteiger partial charge in [0.2, 0.25) is 0 Å². The van der Waals surface area contributed by atoms with E-state index in [4.69, 9.17) is 33.2 Å². The Morgan fingerprint density at radius 1 is 1.00 bits per heavy atom. The second-order valence-corrected chi connectivity index (χ2v) is 6.68. The maximum Gasteiger partial charge on any atom is 0.326 e. The van der Waals surface area contributed by atoms with Gasteiger partial charge in [0.25, 0.3) is 0 Å². The van der Waals surface area contributed by atoms with Crippen LogP contribution in [0.3, 0.4) is 0 Å². The van der Waals surface area contributed by atoms with Gasteiger partial charge in [0.1, 0.15) is 0 Å². The van der Waals surface area contributed by atoms with Crippen LogP contribution in [0.4, 0.5) is 0 Å². The van der Waals surface area contributed by atoms with Crippen molar-refractivity contribution in [3.05, 3.63) is 0 Å². The van der Waals surface area contributed by atoms with Crippen LogP contribution in [-0.4, -0.2) is 6.73 Å². The monoisotopic (exact) mass is 170 g/mol. The highest BCUT2D eigenvalue weighted by atomic mass is 35.8. The number of rotatable bonds is 0. The lowest BCUT2D eigenvalue weighted by molar-refractivity contribution is 4.07. The fourth-order valence-electron chi connectivity index (χ4n) is 0. The summed E-state index contributed by atoms with van der Waals surface area (Å²) in [6.07, 6.45) is 0. The fraction of sp³-hybridized carbons (Fsp3) is 0. The molecule has 0 aliphatic carbocycles. The second kappa shape index (κ2) is 5.38. The van der Waals surface area contributed by atoms with Gasteiger partial charge >= 0.3 is 6.73 Å². The summed E-state index contributed by atoms with van der Waals surface area (Å²) in [5, 5.41) is 0. The normalized spacial score (nSPS) is 7.20. The quantitative estimate of drug-likeness (QED) is 0.386. The summed E-state index contributed by atoms with van der Waals surface area (Å²) in [5.41, 5.74) is 0. The van der Waals surface area contributed by atoms with Crippen molar-refractivity contribution in [3.63, 3.8) is 0 Å². The minimum absolute atomic E-state index is 0. The maximum absolute atomic E-state index is 4.94. The van der Waals surface area contributed by atoms with E-state index in [0.717, 1.165) is 0 Å². The van der Waals surface area contributed by atoms with E-state index < -0.39 is 6.73 Å². The Kier molecular flexibility index (Phi) is 10.3. The number of hydrogen-bond acceptors (Lipinski definition) is 0. The third-order valence-electron chi connectivity index (χ3n) is 0. The second-order valence-electron chi connectivity index (χ2n) is 0.247. The van der Waals surface area contributed by atoms with E-state index in [1.165, 1.54) is 0 Å². The molecule has 34 valence electrons. The van der Waals surface area contributed by atoms with Crippen LogP contribution in [-0.2, 0) is 0 Å². The zero-order chi connectivity index (χ0) is 3.58. The zero-order valence-corrected chi connectivity index (χ0v) is 6.36. The summed E-state index contributed by atoms with van der Waals surface area (Å²) >= 11 is 14.8. The van der Waals surface area contributed by atoms with Crippen LogP contribution in [0, 0.1) is 0 Å². The lowest BCUT2D eigenvalue weighted by Gasteiger charge is -1.65. The third-order valence-corrected chi connectivity index (χ3v) is 0. The first-order valence-electron chi connectivity index (χ1n) is 0.655. The van der Waals surface area contributed by atoms with Gasteiger partial charge in [0.05, 0.1) is 0 Å². The summed E-state index contributed by atoms with van der Waals surface area (Å²) in [4.78, 5) is 0. The van der Waals surface area contributed by atoms with E-state index >= 15 is 0 Å². The molecule has 5 heteroatoms. The van der Waals surface area contributed by atoms with Crippen LogP contribution in [0.5, 0.6) is 0 Å². The van der Waals surface area contributed by atoms with Gasteiger partial charge < -0.3 is 0 Å². The Hall–Kier alpha value is 1.38. The standard InChI is InChI=1S/Cl3HSi.ClH/c1-4(2)3;/h4H;1H. The van der Waals surface area contributed by atoms with Gasteiger partial charge in [-0.1, -0.05) is 0 Å². The first-order valence-corrected chi connectivity index (χ1v) is 5.89. The summed E-state index contributed by atoms with van der Waals surface area (Å²) in [7, 11) is 0. The Morgan fingerprint density at radius 2 is 1.00 bits per heavy atom. The number of hydrogen-bond donors (Lipinski definition) is 0. The average molecular weight is 172 g/mol. The smallest absolute Gasteiger partial charge is 0.147 e. The molecule has 0 saturated carbocycles. The van der Waals surface area contributed by atoms with Crippen molar-refractivity contribution in [2.24, 2.45) is 0 Å². The third kappa shape index (κ3) is 32.3. The van der Waals surface area contributed by atoms with Crippen LogP contribution >= 0.6 is 45.6 Å². The van der Waals surface area contributed by atoms with Gasteiger partial charge in [-0.05, 0) is 0 Å². The Labute approximate surface area is 52.5 Å². The molecule has 0 aliphatic rings. The molecule has 5 heavy (non-hydrogen) atoms. The molecule has 0 atom stereocenters. The molecule has 0 rings (SSSR count). The van der Waals surface area contributed by atoms with Gasteiger partial charge in [-0.3, -0.25) is 0 Å². The van der Waals surface area contributed by atoms with E-state index in [-0.39, 0.29) is 12.4 Å². The van der Waals surface area contributed by atoms with Gasteiger partial charge in [-0.15, -0.1) is 45.6 Å². The molecular weight excluding hydrogens is 170 g/mol. The van der Waals surface area contributed by atoms with Crippen molar-refractivity contribution in [2.45, 2.75) is 0 Å². The van der Waals surface area contributed by atoms with Crippen LogP contribution < -0.4 is 0 Å². The van der Waals surface area contributed by atoms with Crippen molar-refractivity contribution in [3.8, 4) is 0 Å². The molecule has 0 heterocycles. The van der Waals surface area contributed by atoms with Gasteiger partial charge in [-0.2, -0.15) is 0 Å². The largest absolute Gasteiger partial charge is 0.326 e. The maximum atomic E-state index is 4.94. The molecule has 0 N–H and O–H groups in total. The Morgan fingerprint density at radius 3 is 1.00 bits per heavy atom. The van der Waals surface area contributed by atoms with Crippen LogP contribution in [0.2, 0.25) is 0 Å². The molecule has 0 aromatic carbocycles. The SMILES string of the molecule is Cl.Cl[SiH](Cl)Cl. The van der Waals surface area contributed by atoms with Gasteiger partial charge in [-0.25, -0.2) is 0 Å². The first-order chi connectivity index (χ1) is 1.73. The predicted molar refractivity (Wildman–Crippen MR) is 32.0 cm³/mol. The first kappa shape index (κ1) is 9.62. The molecule has 0 nitrogen and oxygen atoms in total. The lowest BCUT2D eigenvalue weighted by Crippen LogP contribution is -1.66. The Balaban J connectivity index is 0. The molecule has 0 spiro atoms. The number of halogens is 4. The van der Waals surface area contributed by atoms with Gasteiger partial charge in [0, 0.05) is 0 Å². The molecule has 0 aromatic rings. The van der Waals surface area contributed by atoms with Crippen molar-refractivity contribution in [2.75, 3.05) is 0 Å². The molecule has 0 unspecified atom stereocenters. The highest BCUT2D eigenvalue weighted by Crippen LogP contribution is 1.97. The van der Waals surface area contributed by atoms with Crippen molar-refractivity contribution < 1.29 is 0 Å². The minimum atomic E-state index is -1.72. The van der Waals surface area contributed by atoms with Crippen molar-refractivity contribution >= 4 is 52.4 Å². The topological polar surface area (TPSA) is 0 Å². The summed E-state index contributed by atoms with van der Waals surface area (Å²) in [6.45, 7) is -1.72. The molecule has 0 aliphatic heterocycles. The average Bonchev–Trinajstić information content (AvgIpc) is 0.811. The highest BCUT2D eigenvalue weighted by molar-refractivity contribution is 7.54. The van der Waals surface area contributed by atoms with Crippen LogP contribution in [0.15, 0.2) is 0 Å². The van der Waals surface area contributed by atoms with Crippen LogP contribution in [0.1, 0.15) is 0 Å². The molecule has 0 saturated heterocycles. The molecule has 0 radical (unpaired) electrons. The van der Waals surface area contributed by atoms with E-state index in [9.17, 15) is 0 Å². The molecule has 0 fully saturated rings. The Bertz CT molecular complexity index is 8.36. The summed E-state index contributed by atoms with van der Waals surface area (Å²) < 4.78 is 0. The van der Waals surface area contributed by atoms with Gasteiger partial charge in [0.15, 0.2) is 0 Å². The highest BCUT2D eigenvalue weighted by Gasteiger charge is 1.85. The molecular formula is H2Cl4Si. The van der Waals surface area contributed by atoms with E-state index in [1.54, 1.807) is 0 Å². The van der Waals surface area contributed by atoms with Crippen molar-refractivity contribution in [1.29, 1.82) is 0 Å². The van der Waals surface area contributed by atoms with E-state index in [2.05, 4.69) is 0 Å². The molecule has 0 bridgehead atoms. The summed E-state index contributed by atoms with van der Waals surface area (Å²) in [5.74, 6) is 0.